The minimum Gasteiger partial charge on any atom is -0.450 e. The van der Waals surface area contributed by atoms with Gasteiger partial charge >= 0.3 is 6.09 Å². The molecule has 2 heterocycles. The summed E-state index contributed by atoms with van der Waals surface area (Å²) in [6.45, 7) is 4.21. The van der Waals surface area contributed by atoms with Gasteiger partial charge in [0.1, 0.15) is 23.7 Å². The van der Waals surface area contributed by atoms with Crippen molar-refractivity contribution in [3.63, 3.8) is 0 Å². The van der Waals surface area contributed by atoms with Crippen molar-refractivity contribution in [1.29, 1.82) is 0 Å². The highest BCUT2D eigenvalue weighted by molar-refractivity contribution is 5.93. The lowest BCUT2D eigenvalue weighted by molar-refractivity contribution is 0.0566. The van der Waals surface area contributed by atoms with Gasteiger partial charge in [0.15, 0.2) is 0 Å². The molecule has 8 nitrogen and oxygen atoms in total. The highest BCUT2D eigenvalue weighted by Crippen LogP contribution is 2.12. The number of hydrogen-bond donors (Lipinski definition) is 1. The van der Waals surface area contributed by atoms with Gasteiger partial charge in [0.2, 0.25) is 0 Å². The maximum absolute atomic E-state index is 13.0. The van der Waals surface area contributed by atoms with E-state index in [2.05, 4.69) is 15.3 Å². The minimum absolute atomic E-state index is 0.212. The highest BCUT2D eigenvalue weighted by atomic mass is 19.1. The predicted molar refractivity (Wildman–Crippen MR) is 100 cm³/mol. The van der Waals surface area contributed by atoms with Gasteiger partial charge in [0.25, 0.3) is 5.91 Å². The molecule has 0 aliphatic carbocycles. The Balaban J connectivity index is 1.56. The normalized spacial score (nSPS) is 13.9. The molecule has 1 aliphatic rings. The van der Waals surface area contributed by atoms with E-state index in [4.69, 9.17) is 4.74 Å². The van der Waals surface area contributed by atoms with Gasteiger partial charge in [0.05, 0.1) is 6.61 Å². The fraction of sp³-hybridized carbons (Fsp3) is 0.368. The average Bonchev–Trinajstić information content (AvgIpc) is 2.73. The molecule has 2 amide bonds. The number of carbonyl (C=O) groups excluding carboxylic acids is 2. The second-order valence-electron chi connectivity index (χ2n) is 6.25. The largest absolute Gasteiger partial charge is 0.450 e. The smallest absolute Gasteiger partial charge is 0.409 e. The molecule has 28 heavy (non-hydrogen) atoms. The topological polar surface area (TPSA) is 87.7 Å². The molecule has 1 aliphatic heterocycles. The summed E-state index contributed by atoms with van der Waals surface area (Å²) in [5.41, 5.74) is 1.17. The van der Waals surface area contributed by atoms with Gasteiger partial charge in [-0.15, -0.1) is 0 Å². The van der Waals surface area contributed by atoms with Crippen LogP contribution in [-0.4, -0.2) is 64.6 Å². The van der Waals surface area contributed by atoms with Gasteiger partial charge in [-0.3, -0.25) is 4.79 Å². The maximum Gasteiger partial charge on any atom is 0.409 e. The zero-order valence-corrected chi connectivity index (χ0v) is 15.6. The van der Waals surface area contributed by atoms with Gasteiger partial charge in [-0.1, -0.05) is 12.1 Å². The zero-order valence-electron chi connectivity index (χ0n) is 15.6. The van der Waals surface area contributed by atoms with Crippen LogP contribution >= 0.6 is 0 Å². The number of ether oxygens (including phenoxy) is 1. The molecule has 1 aromatic heterocycles. The highest BCUT2D eigenvalue weighted by Gasteiger charge is 2.26. The molecule has 9 heteroatoms. The van der Waals surface area contributed by atoms with Crippen molar-refractivity contribution in [2.45, 2.75) is 13.5 Å². The Morgan fingerprint density at radius 3 is 2.46 bits per heavy atom. The number of hydrogen-bond acceptors (Lipinski definition) is 6. The molecule has 2 aromatic rings. The first-order valence-corrected chi connectivity index (χ1v) is 9.08. The quantitative estimate of drug-likeness (QED) is 0.846. The number of benzene rings is 1. The van der Waals surface area contributed by atoms with Crippen molar-refractivity contribution in [2.24, 2.45) is 0 Å². The van der Waals surface area contributed by atoms with Crippen LogP contribution in [0.2, 0.25) is 0 Å². The molecule has 1 saturated heterocycles. The molecule has 148 valence electrons. The monoisotopic (exact) mass is 387 g/mol. The molecule has 0 atom stereocenters. The van der Waals surface area contributed by atoms with Gasteiger partial charge in [-0.2, -0.15) is 0 Å². The van der Waals surface area contributed by atoms with Crippen LogP contribution in [0.4, 0.5) is 15.0 Å². The van der Waals surface area contributed by atoms with Crippen molar-refractivity contribution < 1.29 is 18.7 Å². The Hall–Kier alpha value is -3.23. The zero-order chi connectivity index (χ0) is 19.9. The van der Waals surface area contributed by atoms with Gasteiger partial charge in [-0.05, 0) is 24.6 Å². The van der Waals surface area contributed by atoms with Crippen molar-refractivity contribution in [2.75, 3.05) is 38.1 Å². The second-order valence-corrected chi connectivity index (χ2v) is 6.25. The molecule has 3 rings (SSSR count). The third kappa shape index (κ3) is 4.93. The molecular weight excluding hydrogens is 365 g/mol. The number of nitrogens with zero attached hydrogens (tertiary/aromatic N) is 4. The second kappa shape index (κ2) is 9.12. The van der Waals surface area contributed by atoms with Crippen molar-refractivity contribution in [3.8, 4) is 0 Å². The van der Waals surface area contributed by atoms with Crippen molar-refractivity contribution in [3.05, 3.63) is 53.7 Å². The van der Waals surface area contributed by atoms with Gasteiger partial charge < -0.3 is 19.9 Å². The van der Waals surface area contributed by atoms with E-state index in [1.807, 2.05) is 0 Å². The average molecular weight is 387 g/mol. The van der Waals surface area contributed by atoms with Gasteiger partial charge in [-0.25, -0.2) is 19.2 Å². The third-order valence-corrected chi connectivity index (χ3v) is 4.37. The van der Waals surface area contributed by atoms with Gasteiger partial charge in [0, 0.05) is 38.8 Å². The molecular formula is C19H22FN5O3. The van der Waals surface area contributed by atoms with Crippen LogP contribution in [0, 0.1) is 5.82 Å². The Morgan fingerprint density at radius 2 is 1.79 bits per heavy atom. The van der Waals surface area contributed by atoms with Crippen LogP contribution < -0.4 is 5.32 Å². The van der Waals surface area contributed by atoms with Crippen LogP contribution in [0.3, 0.4) is 0 Å². The lowest BCUT2D eigenvalue weighted by atomic mass is 10.2. The summed E-state index contributed by atoms with van der Waals surface area (Å²) in [5.74, 6) is 0.00491. The minimum atomic E-state index is -0.357. The summed E-state index contributed by atoms with van der Waals surface area (Å²) in [6.07, 6.45) is 0.971. The lowest BCUT2D eigenvalue weighted by Gasteiger charge is -2.33. The van der Waals surface area contributed by atoms with E-state index in [0.717, 1.165) is 5.56 Å². The van der Waals surface area contributed by atoms with E-state index in [9.17, 15) is 14.0 Å². The first-order valence-electron chi connectivity index (χ1n) is 9.08. The number of amides is 2. The molecule has 0 radical (unpaired) electrons. The maximum atomic E-state index is 13.0. The van der Waals surface area contributed by atoms with Crippen molar-refractivity contribution >= 4 is 17.8 Å². The fourth-order valence-electron chi connectivity index (χ4n) is 2.83. The van der Waals surface area contributed by atoms with E-state index in [0.29, 0.717) is 45.1 Å². The molecule has 0 bridgehead atoms. The van der Waals surface area contributed by atoms with Crippen LogP contribution in [0.5, 0.6) is 0 Å². The Labute approximate surface area is 162 Å². The van der Waals surface area contributed by atoms with E-state index in [-0.39, 0.29) is 23.5 Å². The fourth-order valence-corrected chi connectivity index (χ4v) is 2.83. The summed E-state index contributed by atoms with van der Waals surface area (Å²) in [6, 6.07) is 7.73. The molecule has 0 spiro atoms. The number of anilines is 1. The molecule has 0 unspecified atom stereocenters. The summed E-state index contributed by atoms with van der Waals surface area (Å²) >= 11 is 0. The third-order valence-electron chi connectivity index (χ3n) is 4.37. The van der Waals surface area contributed by atoms with E-state index >= 15 is 0 Å². The number of piperazine rings is 1. The van der Waals surface area contributed by atoms with Crippen LogP contribution in [-0.2, 0) is 11.3 Å². The molecule has 1 aromatic carbocycles. The molecule has 1 fully saturated rings. The Kier molecular flexibility index (Phi) is 6.36. The summed E-state index contributed by atoms with van der Waals surface area (Å²) in [4.78, 5) is 35.9. The predicted octanol–water partition coefficient (Wildman–Crippen LogP) is 2.14. The van der Waals surface area contributed by atoms with Crippen LogP contribution in [0.25, 0.3) is 0 Å². The first kappa shape index (κ1) is 19.5. The summed E-state index contributed by atoms with van der Waals surface area (Å²) in [7, 11) is 0. The van der Waals surface area contributed by atoms with Crippen molar-refractivity contribution in [1.82, 2.24) is 19.8 Å². The summed E-state index contributed by atoms with van der Waals surface area (Å²) < 4.78 is 17.9. The van der Waals surface area contributed by atoms with E-state index in [1.54, 1.807) is 34.9 Å². The first-order chi connectivity index (χ1) is 13.6. The molecule has 1 N–H and O–H groups in total. The number of carbonyl (C=O) groups is 2. The molecule has 0 saturated carbocycles. The number of halogens is 1. The lowest BCUT2D eigenvalue weighted by Crippen LogP contribution is -2.50. The Morgan fingerprint density at radius 1 is 1.11 bits per heavy atom. The van der Waals surface area contributed by atoms with Crippen LogP contribution in [0.1, 0.15) is 23.0 Å². The standard InChI is InChI=1S/C19H22FN5O3/c1-2-28-19(27)25-9-7-24(8-10-25)18(26)16-11-17(23-13-22-16)21-12-14-3-5-15(20)6-4-14/h3-6,11,13H,2,7-10,12H2,1H3,(H,21,22,23). The number of nitrogens with one attached hydrogen (secondary N) is 1. The van der Waals surface area contributed by atoms with Crippen LogP contribution in [0.15, 0.2) is 36.7 Å². The summed E-state index contributed by atoms with van der Waals surface area (Å²) in [5, 5.41) is 3.10. The number of aromatic nitrogens is 2. The Bertz CT molecular complexity index is 823. The van der Waals surface area contributed by atoms with E-state index < -0.39 is 0 Å². The van der Waals surface area contributed by atoms with E-state index in [1.165, 1.54) is 18.5 Å². The SMILES string of the molecule is CCOC(=O)N1CCN(C(=O)c2cc(NCc3ccc(F)cc3)ncn2)CC1. The number of rotatable bonds is 5.